The van der Waals surface area contributed by atoms with Gasteiger partial charge in [-0.1, -0.05) is 12.1 Å². The van der Waals surface area contributed by atoms with Crippen LogP contribution in [-0.4, -0.2) is 19.6 Å². The SMILES string of the molecule is COc1ccc(CCC(=O)Nc2ccc3c(c2)CCN3)cc1.Cl. The molecule has 0 unspecified atom stereocenters. The van der Waals surface area contributed by atoms with Crippen LogP contribution in [0.2, 0.25) is 0 Å². The number of hydrogen-bond acceptors (Lipinski definition) is 3. The molecule has 0 saturated heterocycles. The molecule has 23 heavy (non-hydrogen) atoms. The van der Waals surface area contributed by atoms with Crippen molar-refractivity contribution in [1.29, 1.82) is 0 Å². The van der Waals surface area contributed by atoms with E-state index in [0.29, 0.717) is 6.42 Å². The maximum Gasteiger partial charge on any atom is 0.224 e. The van der Waals surface area contributed by atoms with Crippen LogP contribution in [0, 0.1) is 0 Å². The van der Waals surface area contributed by atoms with Gasteiger partial charge in [0, 0.05) is 24.3 Å². The molecule has 0 bridgehead atoms. The first kappa shape index (κ1) is 17.2. The fourth-order valence-corrected chi connectivity index (χ4v) is 2.66. The molecular formula is C18H21ClN2O2. The van der Waals surface area contributed by atoms with Crippen LogP contribution >= 0.6 is 12.4 Å². The minimum atomic E-state index is 0. The van der Waals surface area contributed by atoms with Gasteiger partial charge in [0.25, 0.3) is 0 Å². The number of hydrogen-bond donors (Lipinski definition) is 2. The number of nitrogens with one attached hydrogen (secondary N) is 2. The summed E-state index contributed by atoms with van der Waals surface area (Å²) in [6.45, 7) is 0.976. The number of halogens is 1. The molecule has 3 rings (SSSR count). The highest BCUT2D eigenvalue weighted by atomic mass is 35.5. The summed E-state index contributed by atoms with van der Waals surface area (Å²) in [7, 11) is 1.65. The van der Waals surface area contributed by atoms with Crippen molar-refractivity contribution in [2.45, 2.75) is 19.3 Å². The van der Waals surface area contributed by atoms with Gasteiger partial charge in [0.05, 0.1) is 7.11 Å². The molecule has 0 saturated carbocycles. The van der Waals surface area contributed by atoms with Crippen LogP contribution in [0.3, 0.4) is 0 Å². The van der Waals surface area contributed by atoms with E-state index in [1.807, 2.05) is 36.4 Å². The van der Waals surface area contributed by atoms with E-state index in [1.54, 1.807) is 7.11 Å². The molecule has 0 spiro atoms. The number of aryl methyl sites for hydroxylation is 1. The third kappa shape index (κ3) is 4.39. The van der Waals surface area contributed by atoms with Crippen LogP contribution in [0.1, 0.15) is 17.5 Å². The number of ether oxygens (including phenoxy) is 1. The lowest BCUT2D eigenvalue weighted by Crippen LogP contribution is -2.12. The number of anilines is 2. The van der Waals surface area contributed by atoms with Crippen LogP contribution in [0.5, 0.6) is 5.75 Å². The minimum absolute atomic E-state index is 0. The Bertz CT molecular complexity index is 671. The Hall–Kier alpha value is -2.20. The number of carbonyl (C=O) groups is 1. The van der Waals surface area contributed by atoms with Gasteiger partial charge in [0.15, 0.2) is 0 Å². The lowest BCUT2D eigenvalue weighted by molar-refractivity contribution is -0.116. The van der Waals surface area contributed by atoms with E-state index in [1.165, 1.54) is 11.3 Å². The van der Waals surface area contributed by atoms with Gasteiger partial charge in [0.2, 0.25) is 5.91 Å². The minimum Gasteiger partial charge on any atom is -0.497 e. The third-order valence-electron chi connectivity index (χ3n) is 3.90. The Morgan fingerprint density at radius 1 is 1.22 bits per heavy atom. The van der Waals surface area contributed by atoms with Crippen molar-refractivity contribution >= 4 is 29.7 Å². The van der Waals surface area contributed by atoms with Crippen LogP contribution in [0.25, 0.3) is 0 Å². The topological polar surface area (TPSA) is 50.4 Å². The molecule has 5 heteroatoms. The molecule has 2 aromatic rings. The fraction of sp³-hybridized carbons (Fsp3) is 0.278. The van der Waals surface area contributed by atoms with Crippen molar-refractivity contribution in [3.05, 3.63) is 53.6 Å². The smallest absolute Gasteiger partial charge is 0.224 e. The number of benzene rings is 2. The second-order valence-corrected chi connectivity index (χ2v) is 5.44. The average molecular weight is 333 g/mol. The molecule has 0 radical (unpaired) electrons. The van der Waals surface area contributed by atoms with E-state index in [0.717, 1.165) is 36.4 Å². The molecule has 1 amide bonds. The van der Waals surface area contributed by atoms with Crippen molar-refractivity contribution in [3.8, 4) is 5.75 Å². The molecule has 0 atom stereocenters. The molecule has 1 aliphatic rings. The summed E-state index contributed by atoms with van der Waals surface area (Å²) in [4.78, 5) is 12.1. The Morgan fingerprint density at radius 2 is 2.00 bits per heavy atom. The molecule has 2 aromatic carbocycles. The number of fused-ring (bicyclic) bond motifs is 1. The van der Waals surface area contributed by atoms with Crippen molar-refractivity contribution in [3.63, 3.8) is 0 Å². The molecule has 2 N–H and O–H groups in total. The zero-order valence-electron chi connectivity index (χ0n) is 13.1. The maximum atomic E-state index is 12.1. The Kier molecular flexibility index (Phi) is 5.88. The first-order valence-electron chi connectivity index (χ1n) is 7.54. The predicted octanol–water partition coefficient (Wildman–Crippen LogP) is 3.66. The summed E-state index contributed by atoms with van der Waals surface area (Å²) in [5.41, 5.74) is 4.46. The van der Waals surface area contributed by atoms with Crippen molar-refractivity contribution in [2.24, 2.45) is 0 Å². The van der Waals surface area contributed by atoms with Crippen molar-refractivity contribution in [1.82, 2.24) is 0 Å². The molecule has 1 heterocycles. The number of methoxy groups -OCH3 is 1. The molecular weight excluding hydrogens is 312 g/mol. The van der Waals surface area contributed by atoms with Gasteiger partial charge in [-0.15, -0.1) is 12.4 Å². The van der Waals surface area contributed by atoms with Crippen molar-refractivity contribution < 1.29 is 9.53 Å². The highest BCUT2D eigenvalue weighted by Gasteiger charge is 2.11. The van der Waals surface area contributed by atoms with Gasteiger partial charge in [-0.05, 0) is 54.3 Å². The summed E-state index contributed by atoms with van der Waals surface area (Å²) in [5.74, 6) is 0.877. The largest absolute Gasteiger partial charge is 0.497 e. The highest BCUT2D eigenvalue weighted by Crippen LogP contribution is 2.25. The number of amides is 1. The van der Waals surface area contributed by atoms with Crippen LogP contribution in [-0.2, 0) is 17.6 Å². The van der Waals surface area contributed by atoms with Crippen molar-refractivity contribution in [2.75, 3.05) is 24.3 Å². The van der Waals surface area contributed by atoms with Gasteiger partial charge in [0.1, 0.15) is 5.75 Å². The second-order valence-electron chi connectivity index (χ2n) is 5.44. The highest BCUT2D eigenvalue weighted by molar-refractivity contribution is 5.91. The quantitative estimate of drug-likeness (QED) is 0.878. The molecule has 0 aromatic heterocycles. The third-order valence-corrected chi connectivity index (χ3v) is 3.90. The normalized spacial score (nSPS) is 11.9. The summed E-state index contributed by atoms with van der Waals surface area (Å²) in [6.07, 6.45) is 2.22. The van der Waals surface area contributed by atoms with Crippen LogP contribution < -0.4 is 15.4 Å². The first-order valence-corrected chi connectivity index (χ1v) is 7.54. The fourth-order valence-electron chi connectivity index (χ4n) is 2.66. The Labute approximate surface area is 142 Å². The van der Waals surface area contributed by atoms with E-state index >= 15 is 0 Å². The predicted molar refractivity (Wildman–Crippen MR) is 95.8 cm³/mol. The summed E-state index contributed by atoms with van der Waals surface area (Å²) >= 11 is 0. The number of carbonyl (C=O) groups excluding carboxylic acids is 1. The van der Waals surface area contributed by atoms with Gasteiger partial charge >= 0.3 is 0 Å². The van der Waals surface area contributed by atoms with E-state index in [-0.39, 0.29) is 18.3 Å². The average Bonchev–Trinajstić information content (AvgIpc) is 3.01. The molecule has 4 nitrogen and oxygen atoms in total. The Morgan fingerprint density at radius 3 is 2.74 bits per heavy atom. The lowest BCUT2D eigenvalue weighted by atomic mass is 10.1. The zero-order valence-corrected chi connectivity index (χ0v) is 13.9. The standard InChI is InChI=1S/C18H20N2O2.ClH/c1-22-16-6-2-13(3-7-16)4-9-18(21)20-15-5-8-17-14(12-15)10-11-19-17;/h2-3,5-8,12,19H,4,9-11H2,1H3,(H,20,21);1H. The van der Waals surface area contributed by atoms with E-state index < -0.39 is 0 Å². The second kappa shape index (κ2) is 7.88. The van der Waals surface area contributed by atoms with Crippen LogP contribution in [0.15, 0.2) is 42.5 Å². The number of rotatable bonds is 5. The molecule has 1 aliphatic heterocycles. The Balaban J connectivity index is 0.00000192. The van der Waals surface area contributed by atoms with E-state index in [4.69, 9.17) is 4.74 Å². The van der Waals surface area contributed by atoms with Gasteiger partial charge in [-0.25, -0.2) is 0 Å². The van der Waals surface area contributed by atoms with Gasteiger partial charge in [-0.2, -0.15) is 0 Å². The summed E-state index contributed by atoms with van der Waals surface area (Å²) in [6, 6.07) is 13.9. The maximum absolute atomic E-state index is 12.1. The summed E-state index contributed by atoms with van der Waals surface area (Å²) < 4.78 is 5.13. The van der Waals surface area contributed by atoms with E-state index in [2.05, 4.69) is 16.7 Å². The molecule has 0 fully saturated rings. The monoisotopic (exact) mass is 332 g/mol. The molecule has 122 valence electrons. The van der Waals surface area contributed by atoms with Gasteiger partial charge < -0.3 is 15.4 Å². The van der Waals surface area contributed by atoms with Gasteiger partial charge in [-0.3, -0.25) is 4.79 Å². The van der Waals surface area contributed by atoms with Crippen LogP contribution in [0.4, 0.5) is 11.4 Å². The molecule has 0 aliphatic carbocycles. The van der Waals surface area contributed by atoms with E-state index in [9.17, 15) is 4.79 Å². The zero-order chi connectivity index (χ0) is 15.4. The summed E-state index contributed by atoms with van der Waals surface area (Å²) in [5, 5.41) is 6.29. The first-order chi connectivity index (χ1) is 10.7. The lowest BCUT2D eigenvalue weighted by Gasteiger charge is -2.08.